The van der Waals surface area contributed by atoms with Crippen molar-refractivity contribution in [1.29, 1.82) is 0 Å². The first kappa shape index (κ1) is 19.0. The molecule has 0 saturated carbocycles. The first-order chi connectivity index (χ1) is 13.5. The molecule has 0 aromatic heterocycles. The van der Waals surface area contributed by atoms with Crippen molar-refractivity contribution in [3.8, 4) is 11.5 Å². The zero-order valence-corrected chi connectivity index (χ0v) is 16.9. The maximum Gasteiger partial charge on any atom is 0.162 e. The van der Waals surface area contributed by atoms with E-state index < -0.39 is 0 Å². The molecule has 1 fully saturated rings. The number of hydrogen-bond donors (Lipinski definition) is 2. The van der Waals surface area contributed by atoms with Gasteiger partial charge in [0.15, 0.2) is 11.5 Å². The van der Waals surface area contributed by atoms with Crippen LogP contribution in [0.5, 0.6) is 11.5 Å². The van der Waals surface area contributed by atoms with Gasteiger partial charge in [-0.1, -0.05) is 42.0 Å². The number of rotatable bonds is 3. The lowest BCUT2D eigenvalue weighted by Gasteiger charge is -2.44. The summed E-state index contributed by atoms with van der Waals surface area (Å²) in [5.41, 5.74) is 4.10. The minimum Gasteiger partial charge on any atom is -0.504 e. The van der Waals surface area contributed by atoms with Gasteiger partial charge in [0, 0.05) is 36.8 Å². The molecule has 1 saturated heterocycles. The molecule has 0 radical (unpaired) electrons. The van der Waals surface area contributed by atoms with E-state index in [4.69, 9.17) is 9.73 Å². The van der Waals surface area contributed by atoms with Gasteiger partial charge in [-0.15, -0.1) is 0 Å². The molecule has 2 aliphatic heterocycles. The van der Waals surface area contributed by atoms with Crippen LogP contribution in [0.3, 0.4) is 0 Å². The number of phenolic OH excluding ortho intramolecular Hbond substituents is 1. The number of ether oxygens (including phenoxy) is 1. The lowest BCUT2D eigenvalue weighted by atomic mass is 9.87. The molecule has 2 N–H and O–H groups in total. The van der Waals surface area contributed by atoms with Crippen molar-refractivity contribution in [1.82, 2.24) is 10.2 Å². The number of aromatic hydroxyl groups is 1. The predicted molar refractivity (Wildman–Crippen MR) is 112 cm³/mol. The third-order valence-corrected chi connectivity index (χ3v) is 6.01. The molecule has 2 aliphatic rings. The molecule has 1 spiro atoms. The van der Waals surface area contributed by atoms with E-state index in [1.165, 1.54) is 5.56 Å². The third-order valence-electron chi connectivity index (χ3n) is 6.01. The van der Waals surface area contributed by atoms with Crippen molar-refractivity contribution in [2.45, 2.75) is 37.9 Å². The molecule has 0 bridgehead atoms. The van der Waals surface area contributed by atoms with Gasteiger partial charge >= 0.3 is 0 Å². The van der Waals surface area contributed by atoms with Crippen LogP contribution < -0.4 is 10.1 Å². The highest BCUT2D eigenvalue weighted by atomic mass is 16.5. The zero-order valence-electron chi connectivity index (χ0n) is 16.9. The summed E-state index contributed by atoms with van der Waals surface area (Å²) in [6, 6.07) is 14.3. The fraction of sp³-hybridized carbons (Fsp3) is 0.435. The van der Waals surface area contributed by atoms with Crippen molar-refractivity contribution in [3.05, 3.63) is 59.2 Å². The summed E-state index contributed by atoms with van der Waals surface area (Å²) in [5.74, 6) is 0.729. The molecule has 148 valence electrons. The van der Waals surface area contributed by atoms with Crippen LogP contribution in [0.4, 0.5) is 0 Å². The van der Waals surface area contributed by atoms with Crippen LogP contribution in [0, 0.1) is 6.92 Å². The molecule has 1 atom stereocenters. The Morgan fingerprint density at radius 3 is 2.54 bits per heavy atom. The van der Waals surface area contributed by atoms with E-state index in [1.54, 1.807) is 13.2 Å². The summed E-state index contributed by atoms with van der Waals surface area (Å²) < 4.78 is 5.34. The van der Waals surface area contributed by atoms with E-state index in [1.807, 2.05) is 12.1 Å². The van der Waals surface area contributed by atoms with Crippen molar-refractivity contribution < 1.29 is 9.84 Å². The van der Waals surface area contributed by atoms with Gasteiger partial charge in [-0.3, -0.25) is 10.3 Å². The van der Waals surface area contributed by atoms with E-state index in [2.05, 4.69) is 48.5 Å². The van der Waals surface area contributed by atoms with Crippen molar-refractivity contribution in [2.75, 3.05) is 27.2 Å². The number of hydrogen-bond acceptors (Lipinski definition) is 5. The van der Waals surface area contributed by atoms with E-state index in [9.17, 15) is 5.11 Å². The number of likely N-dealkylation sites (tertiary alicyclic amines) is 1. The standard InChI is InChI=1S/C23H29N3O2/c1-16-7-9-17(10-8-16)19-15-20(18-5-4-6-21(28-3)22(18)27)25-23(24-19)11-13-26(2)14-12-23/h4-10,20,25,27H,11-15H2,1-3H3. The van der Waals surface area contributed by atoms with Gasteiger partial charge < -0.3 is 14.7 Å². The van der Waals surface area contributed by atoms with E-state index in [-0.39, 0.29) is 17.5 Å². The van der Waals surface area contributed by atoms with Gasteiger partial charge in [0.1, 0.15) is 5.66 Å². The lowest BCUT2D eigenvalue weighted by molar-refractivity contribution is 0.144. The van der Waals surface area contributed by atoms with Crippen molar-refractivity contribution >= 4 is 5.71 Å². The van der Waals surface area contributed by atoms with E-state index in [0.29, 0.717) is 5.75 Å². The highest BCUT2D eigenvalue weighted by Gasteiger charge is 2.40. The van der Waals surface area contributed by atoms with Crippen LogP contribution in [0.1, 0.15) is 42.0 Å². The second kappa shape index (κ2) is 7.57. The molecule has 1 unspecified atom stereocenters. The highest BCUT2D eigenvalue weighted by Crippen LogP contribution is 2.40. The Kier molecular flexibility index (Phi) is 5.13. The average molecular weight is 380 g/mol. The summed E-state index contributed by atoms with van der Waals surface area (Å²) >= 11 is 0. The predicted octanol–water partition coefficient (Wildman–Crippen LogP) is 3.65. The van der Waals surface area contributed by atoms with Crippen LogP contribution in [-0.4, -0.2) is 48.6 Å². The summed E-state index contributed by atoms with van der Waals surface area (Å²) in [6.45, 7) is 4.12. The summed E-state index contributed by atoms with van der Waals surface area (Å²) in [7, 11) is 3.75. The maximum absolute atomic E-state index is 10.8. The van der Waals surface area contributed by atoms with E-state index >= 15 is 0 Å². The zero-order chi connectivity index (χ0) is 19.7. The van der Waals surface area contributed by atoms with Gasteiger partial charge in [0.05, 0.1) is 7.11 Å². The van der Waals surface area contributed by atoms with Crippen molar-refractivity contribution in [3.63, 3.8) is 0 Å². The number of aliphatic imine (C=N–C) groups is 1. The number of benzene rings is 2. The number of aryl methyl sites for hydroxylation is 1. The van der Waals surface area contributed by atoms with Gasteiger partial charge in [-0.05, 0) is 38.4 Å². The second-order valence-electron chi connectivity index (χ2n) is 8.06. The third kappa shape index (κ3) is 3.64. The normalized spacial score (nSPS) is 22.1. The molecule has 0 amide bonds. The lowest BCUT2D eigenvalue weighted by Crippen LogP contribution is -2.55. The Balaban J connectivity index is 1.74. The fourth-order valence-corrected chi connectivity index (χ4v) is 4.25. The molecule has 5 nitrogen and oxygen atoms in total. The van der Waals surface area contributed by atoms with Gasteiger partial charge in [-0.25, -0.2) is 0 Å². The monoisotopic (exact) mass is 379 g/mol. The van der Waals surface area contributed by atoms with E-state index in [0.717, 1.165) is 49.2 Å². The Morgan fingerprint density at radius 1 is 1.14 bits per heavy atom. The fourth-order valence-electron chi connectivity index (χ4n) is 4.25. The van der Waals surface area contributed by atoms with Gasteiger partial charge in [0.25, 0.3) is 0 Å². The highest BCUT2D eigenvalue weighted by molar-refractivity contribution is 6.01. The minimum atomic E-state index is -0.287. The summed E-state index contributed by atoms with van der Waals surface area (Å²) in [5, 5.41) is 14.5. The molecule has 5 heteroatoms. The number of nitrogens with one attached hydrogen (secondary N) is 1. The SMILES string of the molecule is COc1cccc(C2CC(c3ccc(C)cc3)=NC3(CCN(C)CC3)N2)c1O. The summed E-state index contributed by atoms with van der Waals surface area (Å²) in [6.07, 6.45) is 2.65. The molecular weight excluding hydrogens is 350 g/mol. The van der Waals surface area contributed by atoms with Crippen LogP contribution in [0.15, 0.2) is 47.5 Å². The number of phenols is 1. The Labute approximate surface area is 167 Å². The molecule has 2 aromatic rings. The number of piperidine rings is 1. The molecule has 2 aromatic carbocycles. The Morgan fingerprint density at radius 2 is 1.86 bits per heavy atom. The number of methoxy groups -OCH3 is 1. The van der Waals surface area contributed by atoms with Crippen LogP contribution in [-0.2, 0) is 0 Å². The first-order valence-corrected chi connectivity index (χ1v) is 9.97. The smallest absolute Gasteiger partial charge is 0.162 e. The minimum absolute atomic E-state index is 0.00712. The van der Waals surface area contributed by atoms with Gasteiger partial charge in [0.2, 0.25) is 0 Å². The Bertz CT molecular complexity index is 868. The van der Waals surface area contributed by atoms with Crippen LogP contribution in [0.2, 0.25) is 0 Å². The van der Waals surface area contributed by atoms with Crippen LogP contribution in [0.25, 0.3) is 0 Å². The van der Waals surface area contributed by atoms with Crippen molar-refractivity contribution in [2.24, 2.45) is 4.99 Å². The molecule has 2 heterocycles. The molecular formula is C23H29N3O2. The quantitative estimate of drug-likeness (QED) is 0.855. The number of para-hydroxylation sites is 1. The second-order valence-corrected chi connectivity index (χ2v) is 8.06. The first-order valence-electron chi connectivity index (χ1n) is 9.97. The topological polar surface area (TPSA) is 57.1 Å². The largest absolute Gasteiger partial charge is 0.504 e. The summed E-state index contributed by atoms with van der Waals surface area (Å²) in [4.78, 5) is 7.57. The maximum atomic E-state index is 10.8. The average Bonchev–Trinajstić information content (AvgIpc) is 2.71. The van der Waals surface area contributed by atoms with Crippen LogP contribution >= 0.6 is 0 Å². The number of nitrogens with zero attached hydrogens (tertiary/aromatic N) is 2. The molecule has 4 rings (SSSR count). The molecule has 0 aliphatic carbocycles. The molecule has 28 heavy (non-hydrogen) atoms. The Hall–Kier alpha value is -2.37. The van der Waals surface area contributed by atoms with Gasteiger partial charge in [-0.2, -0.15) is 0 Å².